The van der Waals surface area contributed by atoms with Crippen molar-refractivity contribution in [1.82, 2.24) is 8.97 Å². The minimum Gasteiger partial charge on any atom is -0.493 e. The van der Waals surface area contributed by atoms with Gasteiger partial charge in [-0.3, -0.25) is 18.6 Å². The van der Waals surface area contributed by atoms with Gasteiger partial charge in [0.1, 0.15) is 22.4 Å². The summed E-state index contributed by atoms with van der Waals surface area (Å²) in [4.78, 5) is 28.0. The van der Waals surface area contributed by atoms with Gasteiger partial charge < -0.3 is 18.6 Å². The Kier molecular flexibility index (Phi) is 5.19. The van der Waals surface area contributed by atoms with Crippen molar-refractivity contribution in [3.63, 3.8) is 0 Å². The lowest BCUT2D eigenvalue weighted by atomic mass is 10.0. The third-order valence-corrected chi connectivity index (χ3v) is 6.80. The highest BCUT2D eigenvalue weighted by molar-refractivity contribution is 6.21. The van der Waals surface area contributed by atoms with Crippen LogP contribution in [-0.2, 0) is 6.54 Å². The molecule has 0 bridgehead atoms. The number of para-hydroxylation sites is 1. The number of rotatable bonds is 6. The molecule has 3 aromatic heterocycles. The van der Waals surface area contributed by atoms with E-state index in [-0.39, 0.29) is 16.9 Å². The molecule has 0 aliphatic rings. The second-order valence-electron chi connectivity index (χ2n) is 8.62. The minimum absolute atomic E-state index is 0.204. The van der Waals surface area contributed by atoms with Crippen LogP contribution in [0.1, 0.15) is 23.0 Å². The third-order valence-electron chi connectivity index (χ3n) is 6.80. The van der Waals surface area contributed by atoms with Crippen LogP contribution in [-0.4, -0.2) is 36.1 Å². The summed E-state index contributed by atoms with van der Waals surface area (Å²) in [5.41, 5.74) is 2.51. The van der Waals surface area contributed by atoms with Gasteiger partial charge in [-0.05, 0) is 31.2 Å². The Labute approximate surface area is 211 Å². The first-order chi connectivity index (χ1) is 18.0. The fourth-order valence-corrected chi connectivity index (χ4v) is 5.20. The molecule has 0 unspecified atom stereocenters. The molecule has 0 saturated carbocycles. The van der Waals surface area contributed by atoms with Crippen molar-refractivity contribution in [3.05, 3.63) is 82.3 Å². The number of ether oxygens (including phenoxy) is 3. The molecular formula is C29H24N2O6. The van der Waals surface area contributed by atoms with Crippen LogP contribution in [0.5, 0.6) is 17.2 Å². The number of fused-ring (bicyclic) bond motifs is 7. The largest absolute Gasteiger partial charge is 0.493 e. The zero-order valence-electron chi connectivity index (χ0n) is 20.8. The number of carbonyl (C=O) groups excluding carboxylic acids is 1. The molecule has 37 heavy (non-hydrogen) atoms. The summed E-state index contributed by atoms with van der Waals surface area (Å²) in [6.07, 6.45) is 0. The standard InChI is InChI=1S/C29H24N2O6/c1-5-30-28-18-11-7-6-10-17(18)23(25(32)16-14-21(34-2)26(36-4)22(15-16)35-3)31(28)24-19-12-8-9-13-20(19)37-27(24)29(30)33/h6-15H,5H2,1-4H3. The summed E-state index contributed by atoms with van der Waals surface area (Å²) in [7, 11) is 4.53. The van der Waals surface area contributed by atoms with E-state index in [1.54, 1.807) is 16.7 Å². The van der Waals surface area contributed by atoms with Crippen molar-refractivity contribution >= 4 is 44.3 Å². The molecule has 6 rings (SSSR count). The minimum atomic E-state index is -0.261. The second-order valence-corrected chi connectivity index (χ2v) is 8.62. The van der Waals surface area contributed by atoms with Crippen LogP contribution in [0.15, 0.2) is 69.9 Å². The van der Waals surface area contributed by atoms with Crippen molar-refractivity contribution in [1.29, 1.82) is 0 Å². The van der Waals surface area contributed by atoms with E-state index in [9.17, 15) is 9.59 Å². The van der Waals surface area contributed by atoms with Crippen molar-refractivity contribution in [3.8, 4) is 17.2 Å². The molecule has 186 valence electrons. The molecule has 0 atom stereocenters. The Morgan fingerprint density at radius 2 is 1.49 bits per heavy atom. The predicted molar refractivity (Wildman–Crippen MR) is 142 cm³/mol. The average molecular weight is 497 g/mol. The van der Waals surface area contributed by atoms with Gasteiger partial charge in [0.25, 0.3) is 5.56 Å². The van der Waals surface area contributed by atoms with Gasteiger partial charge in [0.05, 0.1) is 21.3 Å². The van der Waals surface area contributed by atoms with Crippen LogP contribution >= 0.6 is 0 Å². The summed E-state index contributed by atoms with van der Waals surface area (Å²) in [6.45, 7) is 2.31. The molecule has 8 nitrogen and oxygen atoms in total. The molecule has 8 heteroatoms. The number of aromatic nitrogens is 2. The SMILES string of the molecule is CCn1c(=O)c2oc3ccccc3c2n2c(C(=O)c3cc(OC)c(OC)c(OC)c3)c3ccccc3c12. The Bertz CT molecular complexity index is 1900. The van der Waals surface area contributed by atoms with E-state index in [1.165, 1.54) is 21.3 Å². The van der Waals surface area contributed by atoms with Gasteiger partial charge >= 0.3 is 0 Å². The van der Waals surface area contributed by atoms with Crippen LogP contribution in [0.4, 0.5) is 0 Å². The quantitative estimate of drug-likeness (QED) is 0.286. The molecule has 0 saturated heterocycles. The summed E-state index contributed by atoms with van der Waals surface area (Å²) in [6, 6.07) is 18.3. The Morgan fingerprint density at radius 1 is 0.865 bits per heavy atom. The summed E-state index contributed by atoms with van der Waals surface area (Å²) in [5, 5.41) is 2.27. The fraction of sp³-hybridized carbons (Fsp3) is 0.172. The van der Waals surface area contributed by atoms with E-state index in [0.29, 0.717) is 51.8 Å². The maximum atomic E-state index is 14.4. The van der Waals surface area contributed by atoms with E-state index < -0.39 is 0 Å². The van der Waals surface area contributed by atoms with Crippen molar-refractivity contribution in [2.45, 2.75) is 13.5 Å². The van der Waals surface area contributed by atoms with Gasteiger partial charge in [-0.15, -0.1) is 0 Å². The lowest BCUT2D eigenvalue weighted by Gasteiger charge is -2.14. The van der Waals surface area contributed by atoms with E-state index in [0.717, 1.165) is 16.2 Å². The zero-order chi connectivity index (χ0) is 25.8. The number of nitrogens with zero attached hydrogens (tertiary/aromatic N) is 2. The lowest BCUT2D eigenvalue weighted by molar-refractivity contribution is 0.103. The first kappa shape index (κ1) is 22.7. The van der Waals surface area contributed by atoms with Crippen molar-refractivity contribution in [2.75, 3.05) is 21.3 Å². The number of hydrogen-bond acceptors (Lipinski definition) is 6. The fourth-order valence-electron chi connectivity index (χ4n) is 5.20. The number of furan rings is 1. The van der Waals surface area contributed by atoms with Crippen LogP contribution in [0.25, 0.3) is 38.5 Å². The molecule has 3 aromatic carbocycles. The number of ketones is 1. The van der Waals surface area contributed by atoms with E-state index in [2.05, 4.69) is 0 Å². The summed E-state index contributed by atoms with van der Waals surface area (Å²) in [5.74, 6) is 0.886. The maximum absolute atomic E-state index is 14.4. The Morgan fingerprint density at radius 3 is 2.11 bits per heavy atom. The average Bonchev–Trinajstić information content (AvgIpc) is 3.48. The molecule has 6 aromatic rings. The molecule has 3 heterocycles. The number of benzene rings is 3. The third kappa shape index (κ3) is 3.08. The molecule has 0 aliphatic carbocycles. The van der Waals surface area contributed by atoms with Gasteiger partial charge in [0, 0.05) is 28.3 Å². The number of carbonyl (C=O) groups is 1. The van der Waals surface area contributed by atoms with Crippen LogP contribution in [0.3, 0.4) is 0 Å². The number of hydrogen-bond donors (Lipinski definition) is 0. The van der Waals surface area contributed by atoms with E-state index >= 15 is 0 Å². The number of aryl methyl sites for hydroxylation is 1. The molecular weight excluding hydrogens is 472 g/mol. The van der Waals surface area contributed by atoms with Gasteiger partial charge in [0.2, 0.25) is 17.1 Å². The highest BCUT2D eigenvalue weighted by Gasteiger charge is 2.28. The number of methoxy groups -OCH3 is 3. The topological polar surface area (TPSA) is 84.3 Å². The van der Waals surface area contributed by atoms with Crippen LogP contribution < -0.4 is 19.8 Å². The van der Waals surface area contributed by atoms with Crippen molar-refractivity contribution < 1.29 is 23.4 Å². The smallest absolute Gasteiger partial charge is 0.297 e. The Balaban J connectivity index is 1.82. The summed E-state index contributed by atoms with van der Waals surface area (Å²) < 4.78 is 26.0. The second kappa shape index (κ2) is 8.44. The Hall–Kier alpha value is -4.72. The zero-order valence-corrected chi connectivity index (χ0v) is 20.8. The van der Waals surface area contributed by atoms with Gasteiger partial charge in [-0.2, -0.15) is 0 Å². The predicted octanol–water partition coefficient (Wildman–Crippen LogP) is 5.43. The van der Waals surface area contributed by atoms with Gasteiger partial charge in [-0.1, -0.05) is 36.4 Å². The lowest BCUT2D eigenvalue weighted by Crippen LogP contribution is -2.22. The highest BCUT2D eigenvalue weighted by Crippen LogP contribution is 2.40. The molecule has 0 spiro atoms. The van der Waals surface area contributed by atoms with Crippen LogP contribution in [0.2, 0.25) is 0 Å². The molecule has 0 fully saturated rings. The maximum Gasteiger partial charge on any atom is 0.297 e. The van der Waals surface area contributed by atoms with Gasteiger partial charge in [0.15, 0.2) is 11.5 Å². The highest BCUT2D eigenvalue weighted by atomic mass is 16.5. The molecule has 0 radical (unpaired) electrons. The molecule has 0 aliphatic heterocycles. The van der Waals surface area contributed by atoms with E-state index in [4.69, 9.17) is 18.6 Å². The van der Waals surface area contributed by atoms with Gasteiger partial charge in [-0.25, -0.2) is 0 Å². The monoisotopic (exact) mass is 496 g/mol. The van der Waals surface area contributed by atoms with Crippen LogP contribution in [0, 0.1) is 0 Å². The van der Waals surface area contributed by atoms with E-state index in [1.807, 2.05) is 59.9 Å². The normalized spacial score (nSPS) is 11.6. The first-order valence-electron chi connectivity index (χ1n) is 11.9. The molecule has 0 amide bonds. The molecule has 0 N–H and O–H groups in total. The first-order valence-corrected chi connectivity index (χ1v) is 11.9. The summed E-state index contributed by atoms with van der Waals surface area (Å²) >= 11 is 0. The van der Waals surface area contributed by atoms with Crippen molar-refractivity contribution in [2.24, 2.45) is 0 Å².